The van der Waals surface area contributed by atoms with Crippen LogP contribution in [-0.2, 0) is 0 Å². The summed E-state index contributed by atoms with van der Waals surface area (Å²) >= 11 is 0. The molecule has 7 heteroatoms. The number of hydrogen-bond acceptors (Lipinski definition) is 6. The summed E-state index contributed by atoms with van der Waals surface area (Å²) in [6.45, 7) is 0. The molecule has 0 spiro atoms. The molecule has 0 aliphatic heterocycles. The summed E-state index contributed by atoms with van der Waals surface area (Å²) in [6, 6.07) is 13.7. The molecule has 7 nitrogen and oxygen atoms in total. The highest BCUT2D eigenvalue weighted by atomic mass is 16.6. The maximum atomic E-state index is 10.6. The van der Waals surface area contributed by atoms with Gasteiger partial charge in [0.05, 0.1) is 16.7 Å². The summed E-state index contributed by atoms with van der Waals surface area (Å²) in [6.07, 6.45) is 3.03. The van der Waals surface area contributed by atoms with E-state index in [1.807, 2.05) is 24.3 Å². The number of anilines is 1. The Balaban J connectivity index is 1.77. The molecule has 3 aromatic rings. The Morgan fingerprint density at radius 3 is 2.64 bits per heavy atom. The van der Waals surface area contributed by atoms with E-state index in [-0.39, 0.29) is 5.69 Å². The number of para-hydroxylation sites is 1. The van der Waals surface area contributed by atoms with Crippen molar-refractivity contribution in [1.82, 2.24) is 9.97 Å². The summed E-state index contributed by atoms with van der Waals surface area (Å²) in [4.78, 5) is 18.5. The van der Waals surface area contributed by atoms with Gasteiger partial charge in [-0.1, -0.05) is 12.1 Å². The minimum atomic E-state index is -0.438. The van der Waals surface area contributed by atoms with E-state index < -0.39 is 4.92 Å². The molecule has 108 valence electrons. The molecule has 0 radical (unpaired) electrons. The van der Waals surface area contributed by atoms with E-state index >= 15 is 0 Å². The fraction of sp³-hybridized carbons (Fsp3) is 0. The number of hydrogen-bond donors (Lipinski definition) is 1. The van der Waals surface area contributed by atoms with Crippen LogP contribution in [0.2, 0.25) is 0 Å². The fourth-order valence-corrected chi connectivity index (χ4v) is 1.94. The molecule has 0 aliphatic rings. The molecule has 0 unspecified atom stereocenters. The van der Waals surface area contributed by atoms with Crippen LogP contribution in [0.15, 0.2) is 60.0 Å². The Morgan fingerprint density at radius 1 is 1.09 bits per heavy atom. The summed E-state index contributed by atoms with van der Waals surface area (Å²) in [7, 11) is 0. The van der Waals surface area contributed by atoms with E-state index in [0.29, 0.717) is 5.82 Å². The van der Waals surface area contributed by atoms with Gasteiger partial charge in [-0.15, -0.1) is 0 Å². The summed E-state index contributed by atoms with van der Waals surface area (Å²) in [5.41, 5.74) is 4.48. The van der Waals surface area contributed by atoms with E-state index in [1.54, 1.807) is 18.3 Å². The standard InChI is InChI=1S/C15H11N5O2/c21-20(22)12-7-5-11(6-8-12)9-18-19-15-13-3-1-2-4-14(13)16-10-17-15/h1-10H,(H,16,17,19)/b18-9+. The third-order valence-corrected chi connectivity index (χ3v) is 3.03. The van der Waals surface area contributed by atoms with Crippen LogP contribution in [0, 0.1) is 10.1 Å². The Kier molecular flexibility index (Phi) is 3.69. The van der Waals surface area contributed by atoms with Gasteiger partial charge in [-0.05, 0) is 29.8 Å². The van der Waals surface area contributed by atoms with Gasteiger partial charge >= 0.3 is 0 Å². The number of benzene rings is 2. The number of non-ortho nitro benzene ring substituents is 1. The van der Waals surface area contributed by atoms with Crippen LogP contribution in [0.1, 0.15) is 5.56 Å². The van der Waals surface area contributed by atoms with Gasteiger partial charge in [0.1, 0.15) is 6.33 Å². The Hall–Kier alpha value is -3.35. The molecule has 0 amide bonds. The second kappa shape index (κ2) is 5.96. The van der Waals surface area contributed by atoms with Crippen molar-refractivity contribution in [2.75, 3.05) is 5.43 Å². The first-order valence-corrected chi connectivity index (χ1v) is 6.47. The van der Waals surface area contributed by atoms with Crippen molar-refractivity contribution in [2.24, 2.45) is 5.10 Å². The minimum absolute atomic E-state index is 0.0481. The number of nitro benzene ring substituents is 1. The largest absolute Gasteiger partial charge is 0.269 e. The van der Waals surface area contributed by atoms with E-state index in [2.05, 4.69) is 20.5 Å². The predicted octanol–water partition coefficient (Wildman–Crippen LogP) is 2.98. The Bertz CT molecular complexity index is 841. The van der Waals surface area contributed by atoms with Crippen LogP contribution in [0.3, 0.4) is 0 Å². The van der Waals surface area contributed by atoms with Crippen LogP contribution in [0.5, 0.6) is 0 Å². The first-order valence-electron chi connectivity index (χ1n) is 6.47. The predicted molar refractivity (Wildman–Crippen MR) is 83.9 cm³/mol. The SMILES string of the molecule is O=[N+]([O-])c1ccc(/C=N/Nc2ncnc3ccccc23)cc1. The average Bonchev–Trinajstić information content (AvgIpc) is 2.55. The van der Waals surface area contributed by atoms with Crippen LogP contribution in [0.25, 0.3) is 10.9 Å². The van der Waals surface area contributed by atoms with Crippen molar-refractivity contribution in [3.8, 4) is 0 Å². The van der Waals surface area contributed by atoms with Gasteiger partial charge in [0.15, 0.2) is 5.82 Å². The minimum Gasteiger partial charge on any atom is -0.261 e. The average molecular weight is 293 g/mol. The highest BCUT2D eigenvalue weighted by Crippen LogP contribution is 2.18. The molecule has 0 aliphatic carbocycles. The molecular formula is C15H11N5O2. The zero-order valence-electron chi connectivity index (χ0n) is 11.4. The zero-order chi connectivity index (χ0) is 15.4. The number of hydrazone groups is 1. The third-order valence-electron chi connectivity index (χ3n) is 3.03. The first-order chi connectivity index (χ1) is 10.7. The molecule has 0 fully saturated rings. The lowest BCUT2D eigenvalue weighted by Crippen LogP contribution is -1.96. The maximum absolute atomic E-state index is 10.6. The first kappa shape index (κ1) is 13.6. The molecule has 2 aromatic carbocycles. The topological polar surface area (TPSA) is 93.3 Å². The number of nitrogens with zero attached hydrogens (tertiary/aromatic N) is 4. The Labute approximate surface area is 125 Å². The van der Waals surface area contributed by atoms with Crippen molar-refractivity contribution in [3.05, 3.63) is 70.5 Å². The normalized spacial score (nSPS) is 10.9. The van der Waals surface area contributed by atoms with Crippen molar-refractivity contribution in [3.63, 3.8) is 0 Å². The molecule has 22 heavy (non-hydrogen) atoms. The maximum Gasteiger partial charge on any atom is 0.269 e. The lowest BCUT2D eigenvalue weighted by molar-refractivity contribution is -0.384. The monoisotopic (exact) mass is 293 g/mol. The fourth-order valence-electron chi connectivity index (χ4n) is 1.94. The molecule has 0 atom stereocenters. The zero-order valence-corrected chi connectivity index (χ0v) is 11.4. The van der Waals surface area contributed by atoms with Crippen molar-refractivity contribution in [2.45, 2.75) is 0 Å². The summed E-state index contributed by atoms with van der Waals surface area (Å²) in [5.74, 6) is 0.601. The molecule has 1 aromatic heterocycles. The number of rotatable bonds is 4. The van der Waals surface area contributed by atoms with Gasteiger partial charge in [-0.25, -0.2) is 9.97 Å². The van der Waals surface area contributed by atoms with Crippen LogP contribution < -0.4 is 5.43 Å². The van der Waals surface area contributed by atoms with Gasteiger partial charge in [0.2, 0.25) is 0 Å². The number of nitrogens with one attached hydrogen (secondary N) is 1. The van der Waals surface area contributed by atoms with Gasteiger partial charge in [0.25, 0.3) is 5.69 Å². The molecule has 3 rings (SSSR count). The Morgan fingerprint density at radius 2 is 1.86 bits per heavy atom. The van der Waals surface area contributed by atoms with E-state index in [1.165, 1.54) is 18.5 Å². The van der Waals surface area contributed by atoms with Crippen molar-refractivity contribution in [1.29, 1.82) is 0 Å². The molecule has 0 saturated carbocycles. The van der Waals surface area contributed by atoms with E-state index in [4.69, 9.17) is 0 Å². The molecular weight excluding hydrogens is 282 g/mol. The highest BCUT2D eigenvalue weighted by Gasteiger charge is 2.03. The highest BCUT2D eigenvalue weighted by molar-refractivity contribution is 5.89. The second-order valence-corrected chi connectivity index (χ2v) is 4.46. The number of aromatic nitrogens is 2. The molecule has 1 heterocycles. The summed E-state index contributed by atoms with van der Waals surface area (Å²) < 4.78 is 0. The lowest BCUT2D eigenvalue weighted by Gasteiger charge is -2.03. The molecule has 0 saturated heterocycles. The molecule has 0 bridgehead atoms. The smallest absolute Gasteiger partial charge is 0.261 e. The van der Waals surface area contributed by atoms with Gasteiger partial charge in [-0.3, -0.25) is 15.5 Å². The lowest BCUT2D eigenvalue weighted by atomic mass is 10.2. The summed E-state index contributed by atoms with van der Waals surface area (Å²) in [5, 5.41) is 15.5. The van der Waals surface area contributed by atoms with Crippen molar-refractivity contribution >= 4 is 28.6 Å². The van der Waals surface area contributed by atoms with Crippen molar-refractivity contribution < 1.29 is 4.92 Å². The van der Waals surface area contributed by atoms with E-state index in [9.17, 15) is 10.1 Å². The van der Waals surface area contributed by atoms with Crippen LogP contribution >= 0.6 is 0 Å². The number of nitro groups is 1. The van der Waals surface area contributed by atoms with E-state index in [0.717, 1.165) is 16.5 Å². The number of fused-ring (bicyclic) bond motifs is 1. The van der Waals surface area contributed by atoms with Gasteiger partial charge in [0, 0.05) is 17.5 Å². The quantitative estimate of drug-likeness (QED) is 0.453. The van der Waals surface area contributed by atoms with Gasteiger partial charge < -0.3 is 0 Å². The molecule has 1 N–H and O–H groups in total. The van der Waals surface area contributed by atoms with Gasteiger partial charge in [-0.2, -0.15) is 5.10 Å². The second-order valence-electron chi connectivity index (χ2n) is 4.46. The van der Waals surface area contributed by atoms with Crippen LogP contribution in [0.4, 0.5) is 11.5 Å². The third kappa shape index (κ3) is 2.88. The van der Waals surface area contributed by atoms with Crippen LogP contribution in [-0.4, -0.2) is 21.1 Å².